The van der Waals surface area contributed by atoms with E-state index < -0.39 is 4.92 Å². The number of azo groups is 1. The number of nitro groups is 1. The molecule has 0 aliphatic heterocycles. The van der Waals surface area contributed by atoms with Crippen molar-refractivity contribution < 1.29 is 10.0 Å². The molecule has 21 heavy (non-hydrogen) atoms. The molecule has 0 atom stereocenters. The highest BCUT2D eigenvalue weighted by molar-refractivity contribution is 7.73. The predicted molar refractivity (Wildman–Crippen MR) is 82.5 cm³/mol. The van der Waals surface area contributed by atoms with Crippen LogP contribution in [0.5, 0.6) is 5.75 Å². The van der Waals surface area contributed by atoms with Crippen LogP contribution < -0.4 is 0 Å². The number of aromatic hydroxyl groups is 1. The number of rotatable bonds is 4. The van der Waals surface area contributed by atoms with Crippen LogP contribution in [0.2, 0.25) is 0 Å². The lowest BCUT2D eigenvalue weighted by molar-refractivity contribution is -0.384. The van der Waals surface area contributed by atoms with E-state index in [0.717, 1.165) is 12.2 Å². The molecule has 0 aliphatic rings. The van der Waals surface area contributed by atoms with Gasteiger partial charge in [0.05, 0.1) is 10.6 Å². The summed E-state index contributed by atoms with van der Waals surface area (Å²) in [7, 11) is 0. The van der Waals surface area contributed by atoms with Crippen molar-refractivity contribution in [2.45, 2.75) is 20.4 Å². The Labute approximate surface area is 129 Å². The molecule has 110 valence electrons. The highest BCUT2D eigenvalue weighted by Gasteiger charge is 2.11. The van der Waals surface area contributed by atoms with Crippen molar-refractivity contribution in [3.8, 4) is 5.75 Å². The molecular formula is C12H12N4O3S2. The Morgan fingerprint density at radius 3 is 2.76 bits per heavy atom. The molecule has 0 amide bonds. The Bertz CT molecular complexity index is 779. The summed E-state index contributed by atoms with van der Waals surface area (Å²) in [5.74, 6) is -0.166. The number of phenolic OH excluding ortho intramolecular Hbond substituents is 1. The molecule has 0 spiro atoms. The van der Waals surface area contributed by atoms with Gasteiger partial charge in [-0.05, 0) is 32.1 Å². The molecule has 2 rings (SSSR count). The second kappa shape index (κ2) is 6.10. The van der Waals surface area contributed by atoms with Crippen molar-refractivity contribution in [1.82, 2.24) is 4.57 Å². The van der Waals surface area contributed by atoms with E-state index in [1.165, 1.54) is 29.5 Å². The molecule has 0 saturated heterocycles. The van der Waals surface area contributed by atoms with Gasteiger partial charge in [-0.3, -0.25) is 10.1 Å². The van der Waals surface area contributed by atoms with Crippen LogP contribution >= 0.6 is 23.6 Å². The molecule has 0 bridgehead atoms. The quantitative estimate of drug-likeness (QED) is 0.384. The van der Waals surface area contributed by atoms with Crippen LogP contribution in [-0.2, 0) is 6.54 Å². The van der Waals surface area contributed by atoms with Gasteiger partial charge in [0.1, 0.15) is 11.4 Å². The first-order valence-electron chi connectivity index (χ1n) is 6.03. The van der Waals surface area contributed by atoms with Crippen molar-refractivity contribution in [3.05, 3.63) is 38.0 Å². The SMILES string of the molecule is CCn1c(C)c(N=Nc2cc([N+](=O)[O-])ccc2O)sc1=S. The molecule has 1 aromatic heterocycles. The van der Waals surface area contributed by atoms with Gasteiger partial charge in [-0.1, -0.05) is 11.3 Å². The van der Waals surface area contributed by atoms with Gasteiger partial charge in [-0.25, -0.2) is 0 Å². The number of non-ortho nitro benzene ring substituents is 1. The van der Waals surface area contributed by atoms with Crippen molar-refractivity contribution >= 4 is 39.9 Å². The normalized spacial score (nSPS) is 11.1. The van der Waals surface area contributed by atoms with Crippen molar-refractivity contribution in [3.63, 3.8) is 0 Å². The number of benzene rings is 1. The lowest BCUT2D eigenvalue weighted by Gasteiger charge is -1.99. The van der Waals surface area contributed by atoms with Gasteiger partial charge in [0.25, 0.3) is 5.69 Å². The van der Waals surface area contributed by atoms with Crippen LogP contribution in [0.15, 0.2) is 28.4 Å². The second-order valence-electron chi connectivity index (χ2n) is 4.13. The summed E-state index contributed by atoms with van der Waals surface area (Å²) in [6, 6.07) is 3.60. The van der Waals surface area contributed by atoms with Crippen LogP contribution in [0.4, 0.5) is 16.4 Å². The second-order valence-corrected chi connectivity index (χ2v) is 5.76. The minimum Gasteiger partial charge on any atom is -0.506 e. The topological polar surface area (TPSA) is 93.0 Å². The summed E-state index contributed by atoms with van der Waals surface area (Å²) in [4.78, 5) is 10.2. The number of aromatic nitrogens is 1. The average Bonchev–Trinajstić information content (AvgIpc) is 2.71. The number of thiazole rings is 1. The molecule has 1 N–H and O–H groups in total. The maximum Gasteiger partial charge on any atom is 0.271 e. The minimum atomic E-state index is -0.554. The van der Waals surface area contributed by atoms with Crippen molar-refractivity contribution in [1.29, 1.82) is 0 Å². The van der Waals surface area contributed by atoms with E-state index in [1.807, 2.05) is 18.4 Å². The third-order valence-corrected chi connectivity index (χ3v) is 4.29. The van der Waals surface area contributed by atoms with Crippen LogP contribution in [0, 0.1) is 21.0 Å². The average molecular weight is 324 g/mol. The van der Waals surface area contributed by atoms with Gasteiger partial charge in [0, 0.05) is 18.7 Å². The summed E-state index contributed by atoms with van der Waals surface area (Å²) in [6.45, 7) is 4.58. The number of hydrogen-bond donors (Lipinski definition) is 1. The zero-order valence-electron chi connectivity index (χ0n) is 11.3. The first-order chi connectivity index (χ1) is 9.93. The molecule has 2 aromatic rings. The Balaban J connectivity index is 2.40. The first-order valence-corrected chi connectivity index (χ1v) is 7.26. The smallest absolute Gasteiger partial charge is 0.271 e. The Hall–Kier alpha value is -2.13. The fraction of sp³-hybridized carbons (Fsp3) is 0.250. The van der Waals surface area contributed by atoms with E-state index in [-0.39, 0.29) is 17.1 Å². The van der Waals surface area contributed by atoms with Gasteiger partial charge >= 0.3 is 0 Å². The zero-order valence-corrected chi connectivity index (χ0v) is 12.9. The molecule has 0 radical (unpaired) electrons. The molecule has 1 aromatic carbocycles. The Kier molecular flexibility index (Phi) is 4.43. The summed E-state index contributed by atoms with van der Waals surface area (Å²) in [5, 5.41) is 28.9. The third kappa shape index (κ3) is 3.14. The number of hydrogen-bond acceptors (Lipinski definition) is 7. The van der Waals surface area contributed by atoms with E-state index in [4.69, 9.17) is 12.2 Å². The number of nitro benzene ring substituents is 1. The molecule has 1 heterocycles. The summed E-state index contributed by atoms with van der Waals surface area (Å²) >= 11 is 6.52. The lowest BCUT2D eigenvalue weighted by Crippen LogP contribution is -1.94. The van der Waals surface area contributed by atoms with Crippen molar-refractivity contribution in [2.75, 3.05) is 0 Å². The van der Waals surface area contributed by atoms with Crippen LogP contribution in [-0.4, -0.2) is 14.6 Å². The summed E-state index contributed by atoms with van der Waals surface area (Å²) in [6.07, 6.45) is 0. The van der Waals surface area contributed by atoms with Gasteiger partial charge in [-0.15, -0.1) is 10.2 Å². The van der Waals surface area contributed by atoms with Gasteiger partial charge in [0.2, 0.25) is 0 Å². The summed E-state index contributed by atoms with van der Waals surface area (Å²) < 4.78 is 2.61. The van der Waals surface area contributed by atoms with E-state index in [1.54, 1.807) is 0 Å². The van der Waals surface area contributed by atoms with Gasteiger partial charge in [-0.2, -0.15) is 0 Å². The highest BCUT2D eigenvalue weighted by Crippen LogP contribution is 2.34. The van der Waals surface area contributed by atoms with E-state index in [9.17, 15) is 15.2 Å². The third-order valence-electron chi connectivity index (χ3n) is 2.85. The lowest BCUT2D eigenvalue weighted by atomic mass is 10.2. The molecule has 0 unspecified atom stereocenters. The maximum absolute atomic E-state index is 10.7. The highest BCUT2D eigenvalue weighted by atomic mass is 32.1. The molecule has 7 nitrogen and oxygen atoms in total. The molecular weight excluding hydrogens is 312 g/mol. The van der Waals surface area contributed by atoms with Gasteiger partial charge in [0.15, 0.2) is 8.96 Å². The number of nitrogens with zero attached hydrogens (tertiary/aromatic N) is 4. The van der Waals surface area contributed by atoms with E-state index >= 15 is 0 Å². The number of phenols is 1. The van der Waals surface area contributed by atoms with E-state index in [0.29, 0.717) is 8.96 Å². The Morgan fingerprint density at radius 1 is 1.48 bits per heavy atom. The minimum absolute atomic E-state index is 0.0472. The van der Waals surface area contributed by atoms with Crippen LogP contribution in [0.1, 0.15) is 12.6 Å². The standard InChI is InChI=1S/C12H12N4O3S2/c1-3-15-7(2)11(21-12(15)20)14-13-9-6-8(16(18)19)4-5-10(9)17/h4-6,17H,3H2,1-2H3. The fourth-order valence-corrected chi connectivity index (χ4v) is 3.11. The van der Waals surface area contributed by atoms with Gasteiger partial charge < -0.3 is 9.67 Å². The van der Waals surface area contributed by atoms with Crippen LogP contribution in [0.25, 0.3) is 0 Å². The fourth-order valence-electron chi connectivity index (χ4n) is 1.73. The van der Waals surface area contributed by atoms with E-state index in [2.05, 4.69) is 10.2 Å². The maximum atomic E-state index is 10.7. The van der Waals surface area contributed by atoms with Crippen molar-refractivity contribution in [2.24, 2.45) is 10.2 Å². The molecule has 0 fully saturated rings. The Morgan fingerprint density at radius 2 is 2.19 bits per heavy atom. The molecule has 9 heteroatoms. The largest absolute Gasteiger partial charge is 0.506 e. The monoisotopic (exact) mass is 324 g/mol. The predicted octanol–water partition coefficient (Wildman–Crippen LogP) is 4.64. The van der Waals surface area contributed by atoms with Crippen LogP contribution in [0.3, 0.4) is 0 Å². The summed E-state index contributed by atoms with van der Waals surface area (Å²) in [5.41, 5.74) is 0.768. The molecule has 0 aliphatic carbocycles. The molecule has 0 saturated carbocycles. The zero-order chi connectivity index (χ0) is 15.6. The first kappa shape index (κ1) is 15.3.